The second-order valence-corrected chi connectivity index (χ2v) is 8.28. The smallest absolute Gasteiger partial charge is 0.225 e. The zero-order chi connectivity index (χ0) is 20.1. The monoisotopic (exact) mass is 392 g/mol. The predicted molar refractivity (Wildman–Crippen MR) is 119 cm³/mol. The third-order valence-electron chi connectivity index (χ3n) is 6.34. The van der Waals surface area contributed by atoms with E-state index in [1.807, 2.05) is 7.05 Å². The Balaban J connectivity index is 1.26. The molecule has 5 nitrogen and oxygen atoms in total. The third-order valence-corrected chi connectivity index (χ3v) is 6.34. The molecule has 2 aliphatic rings. The van der Waals surface area contributed by atoms with Gasteiger partial charge in [0.1, 0.15) is 0 Å². The number of nitrogens with zero attached hydrogens (tertiary/aromatic N) is 2. The normalized spacial score (nSPS) is 20.4. The molecule has 1 aliphatic heterocycles. The Morgan fingerprint density at radius 3 is 2.72 bits per heavy atom. The molecule has 2 N–H and O–H groups in total. The summed E-state index contributed by atoms with van der Waals surface area (Å²) < 4.78 is 0. The van der Waals surface area contributed by atoms with Crippen molar-refractivity contribution in [3.8, 4) is 0 Å². The van der Waals surface area contributed by atoms with Crippen LogP contribution in [0.15, 0.2) is 47.5 Å². The molecule has 1 heterocycles. The zero-order valence-electron chi connectivity index (χ0n) is 17.4. The van der Waals surface area contributed by atoms with Crippen LogP contribution in [-0.4, -0.2) is 49.5 Å². The molecular weight excluding hydrogens is 360 g/mol. The van der Waals surface area contributed by atoms with Crippen LogP contribution in [0, 0.1) is 5.92 Å². The van der Waals surface area contributed by atoms with Crippen molar-refractivity contribution in [2.75, 3.05) is 26.7 Å². The van der Waals surface area contributed by atoms with E-state index in [1.165, 1.54) is 29.2 Å². The SMILES string of the molecule is CN=C(NCCc1cccc2ccccc12)NC1CCN(C(=O)C2CCCC2)C1. The highest BCUT2D eigenvalue weighted by Gasteiger charge is 2.32. The lowest BCUT2D eigenvalue weighted by Crippen LogP contribution is -2.45. The summed E-state index contributed by atoms with van der Waals surface area (Å²) in [6.07, 6.45) is 6.50. The van der Waals surface area contributed by atoms with Crippen molar-refractivity contribution in [3.05, 3.63) is 48.0 Å². The minimum Gasteiger partial charge on any atom is -0.356 e. The van der Waals surface area contributed by atoms with Gasteiger partial charge >= 0.3 is 0 Å². The molecule has 4 rings (SSSR count). The summed E-state index contributed by atoms with van der Waals surface area (Å²) in [7, 11) is 1.81. The summed E-state index contributed by atoms with van der Waals surface area (Å²) >= 11 is 0. The number of likely N-dealkylation sites (tertiary alicyclic amines) is 1. The highest BCUT2D eigenvalue weighted by Crippen LogP contribution is 2.27. The first-order valence-electron chi connectivity index (χ1n) is 11.0. The fourth-order valence-electron chi connectivity index (χ4n) is 4.72. The second kappa shape index (κ2) is 9.29. The van der Waals surface area contributed by atoms with E-state index in [0.29, 0.717) is 5.91 Å². The fourth-order valence-corrected chi connectivity index (χ4v) is 4.72. The Kier molecular flexibility index (Phi) is 6.33. The van der Waals surface area contributed by atoms with E-state index in [2.05, 4.69) is 63.0 Å². The van der Waals surface area contributed by atoms with Crippen molar-refractivity contribution in [3.63, 3.8) is 0 Å². The number of guanidine groups is 1. The summed E-state index contributed by atoms with van der Waals surface area (Å²) in [5.41, 5.74) is 1.35. The molecule has 2 aromatic carbocycles. The molecule has 1 unspecified atom stereocenters. The molecule has 0 spiro atoms. The number of carbonyl (C=O) groups is 1. The fraction of sp³-hybridized carbons (Fsp3) is 0.500. The molecular formula is C24H32N4O. The van der Waals surface area contributed by atoms with E-state index >= 15 is 0 Å². The van der Waals surface area contributed by atoms with Crippen LogP contribution in [0.2, 0.25) is 0 Å². The van der Waals surface area contributed by atoms with Crippen LogP contribution >= 0.6 is 0 Å². The van der Waals surface area contributed by atoms with Gasteiger partial charge in [-0.2, -0.15) is 0 Å². The first-order valence-corrected chi connectivity index (χ1v) is 11.0. The quantitative estimate of drug-likeness (QED) is 0.606. The van der Waals surface area contributed by atoms with Crippen LogP contribution in [0.3, 0.4) is 0 Å². The maximum Gasteiger partial charge on any atom is 0.225 e. The number of benzene rings is 2. The van der Waals surface area contributed by atoms with E-state index in [-0.39, 0.29) is 12.0 Å². The molecule has 5 heteroatoms. The summed E-state index contributed by atoms with van der Waals surface area (Å²) in [5.74, 6) is 1.46. The van der Waals surface area contributed by atoms with Crippen molar-refractivity contribution in [2.24, 2.45) is 10.9 Å². The molecule has 1 saturated heterocycles. The van der Waals surface area contributed by atoms with E-state index in [0.717, 1.165) is 51.3 Å². The summed E-state index contributed by atoms with van der Waals surface area (Å²) in [4.78, 5) is 19.1. The average Bonchev–Trinajstić information content (AvgIpc) is 3.45. The number of hydrogen-bond acceptors (Lipinski definition) is 2. The highest BCUT2D eigenvalue weighted by atomic mass is 16.2. The van der Waals surface area contributed by atoms with Gasteiger partial charge in [-0.1, -0.05) is 55.3 Å². The van der Waals surface area contributed by atoms with Gasteiger partial charge in [-0.25, -0.2) is 0 Å². The van der Waals surface area contributed by atoms with Gasteiger partial charge in [0.15, 0.2) is 5.96 Å². The van der Waals surface area contributed by atoms with Crippen molar-refractivity contribution < 1.29 is 4.79 Å². The van der Waals surface area contributed by atoms with E-state index in [1.54, 1.807) is 0 Å². The van der Waals surface area contributed by atoms with Gasteiger partial charge in [0, 0.05) is 38.6 Å². The molecule has 154 valence electrons. The van der Waals surface area contributed by atoms with Gasteiger partial charge in [-0.05, 0) is 42.0 Å². The van der Waals surface area contributed by atoms with Crippen molar-refractivity contribution >= 4 is 22.6 Å². The van der Waals surface area contributed by atoms with Crippen LogP contribution in [0.1, 0.15) is 37.7 Å². The Labute approximate surface area is 173 Å². The zero-order valence-corrected chi connectivity index (χ0v) is 17.4. The van der Waals surface area contributed by atoms with Crippen LogP contribution in [-0.2, 0) is 11.2 Å². The summed E-state index contributed by atoms with van der Waals surface area (Å²) in [5, 5.41) is 9.55. The van der Waals surface area contributed by atoms with Crippen molar-refractivity contribution in [2.45, 2.75) is 44.6 Å². The maximum absolute atomic E-state index is 12.6. The van der Waals surface area contributed by atoms with Gasteiger partial charge in [0.05, 0.1) is 0 Å². The van der Waals surface area contributed by atoms with E-state index in [9.17, 15) is 4.79 Å². The standard InChI is InChI=1S/C24H32N4O/c1-25-24(26-15-13-19-11-6-10-18-7-4-5-12-22(18)19)27-21-14-16-28(17-21)23(29)20-8-2-3-9-20/h4-7,10-12,20-21H,2-3,8-9,13-17H2,1H3,(H2,25,26,27). The number of fused-ring (bicyclic) bond motifs is 1. The molecule has 1 amide bonds. The molecule has 2 aromatic rings. The largest absolute Gasteiger partial charge is 0.356 e. The Morgan fingerprint density at radius 2 is 1.90 bits per heavy atom. The van der Waals surface area contributed by atoms with Gasteiger partial charge in [0.25, 0.3) is 0 Å². The third kappa shape index (κ3) is 4.72. The summed E-state index contributed by atoms with van der Waals surface area (Å²) in [6.45, 7) is 2.48. The summed E-state index contributed by atoms with van der Waals surface area (Å²) in [6, 6.07) is 15.3. The van der Waals surface area contributed by atoms with Crippen LogP contribution < -0.4 is 10.6 Å². The number of carbonyl (C=O) groups excluding carboxylic acids is 1. The minimum absolute atomic E-state index is 0.270. The average molecular weight is 393 g/mol. The lowest BCUT2D eigenvalue weighted by Gasteiger charge is -2.21. The van der Waals surface area contributed by atoms with Gasteiger partial charge in [-0.15, -0.1) is 0 Å². The first kappa shape index (κ1) is 19.7. The molecule has 2 fully saturated rings. The number of amides is 1. The van der Waals surface area contributed by atoms with Crippen molar-refractivity contribution in [1.82, 2.24) is 15.5 Å². The van der Waals surface area contributed by atoms with E-state index in [4.69, 9.17) is 0 Å². The van der Waals surface area contributed by atoms with Crippen LogP contribution in [0.25, 0.3) is 10.8 Å². The molecule has 1 aliphatic carbocycles. The minimum atomic E-state index is 0.270. The van der Waals surface area contributed by atoms with Crippen molar-refractivity contribution in [1.29, 1.82) is 0 Å². The molecule has 0 radical (unpaired) electrons. The van der Waals surface area contributed by atoms with Crippen LogP contribution in [0.5, 0.6) is 0 Å². The number of nitrogens with one attached hydrogen (secondary N) is 2. The molecule has 1 saturated carbocycles. The predicted octanol–water partition coefficient (Wildman–Crippen LogP) is 3.34. The number of aliphatic imine (C=N–C) groups is 1. The first-order chi connectivity index (χ1) is 14.2. The Morgan fingerprint density at radius 1 is 1.10 bits per heavy atom. The molecule has 1 atom stereocenters. The van der Waals surface area contributed by atoms with Gasteiger partial charge < -0.3 is 15.5 Å². The molecule has 0 bridgehead atoms. The lowest BCUT2D eigenvalue weighted by molar-refractivity contribution is -0.134. The number of rotatable bonds is 5. The Bertz CT molecular complexity index is 867. The van der Waals surface area contributed by atoms with E-state index < -0.39 is 0 Å². The Hall–Kier alpha value is -2.56. The molecule has 0 aromatic heterocycles. The second-order valence-electron chi connectivity index (χ2n) is 8.28. The van der Waals surface area contributed by atoms with Gasteiger partial charge in [-0.3, -0.25) is 9.79 Å². The lowest BCUT2D eigenvalue weighted by atomic mass is 10.0. The maximum atomic E-state index is 12.6. The topological polar surface area (TPSA) is 56.7 Å². The van der Waals surface area contributed by atoms with Gasteiger partial charge in [0.2, 0.25) is 5.91 Å². The van der Waals surface area contributed by atoms with Crippen LogP contribution in [0.4, 0.5) is 0 Å². The molecule has 29 heavy (non-hydrogen) atoms. The highest BCUT2D eigenvalue weighted by molar-refractivity contribution is 5.86. The number of hydrogen-bond donors (Lipinski definition) is 2.